The van der Waals surface area contributed by atoms with Gasteiger partial charge in [0.2, 0.25) is 6.29 Å². The predicted octanol–water partition coefficient (Wildman–Crippen LogP) is 4.77. The fourth-order valence-electron chi connectivity index (χ4n) is 1.14. The van der Waals surface area contributed by atoms with Crippen molar-refractivity contribution >= 4 is 0 Å². The van der Waals surface area contributed by atoms with E-state index in [2.05, 4.69) is 13.8 Å². The predicted molar refractivity (Wildman–Crippen MR) is 69.0 cm³/mol. The van der Waals surface area contributed by atoms with E-state index in [0.29, 0.717) is 0 Å². The number of hydrogen-bond acceptors (Lipinski definition) is 2. The Morgan fingerprint density at radius 1 is 0.875 bits per heavy atom. The van der Waals surface area contributed by atoms with Crippen molar-refractivity contribution < 1.29 is 9.47 Å². The Labute approximate surface area is 100 Å². The van der Waals surface area contributed by atoms with Crippen LogP contribution in [0.5, 0.6) is 0 Å². The van der Waals surface area contributed by atoms with Crippen molar-refractivity contribution in [2.45, 2.75) is 65.6 Å². The van der Waals surface area contributed by atoms with Crippen LogP contribution in [0.2, 0.25) is 0 Å². The van der Waals surface area contributed by atoms with Crippen molar-refractivity contribution in [1.29, 1.82) is 0 Å². The fourth-order valence-corrected chi connectivity index (χ4v) is 1.14. The average Bonchev–Trinajstić information content (AvgIpc) is 2.28. The van der Waals surface area contributed by atoms with Gasteiger partial charge in [-0.05, 0) is 37.8 Å². The topological polar surface area (TPSA) is 18.5 Å². The maximum atomic E-state index is 5.34. The zero-order chi connectivity index (χ0) is 12.1. The second-order valence-electron chi connectivity index (χ2n) is 3.87. The normalized spacial score (nSPS) is 13.4. The number of hydrogen-bond donors (Lipinski definition) is 0. The molecule has 16 heavy (non-hydrogen) atoms. The van der Waals surface area contributed by atoms with Crippen LogP contribution < -0.4 is 0 Å². The first kappa shape index (κ1) is 15.1. The lowest BCUT2D eigenvalue weighted by Gasteiger charge is -2.10. The van der Waals surface area contributed by atoms with Gasteiger partial charge in [0.05, 0.1) is 12.5 Å². The van der Waals surface area contributed by atoms with Gasteiger partial charge in [0.15, 0.2) is 0 Å². The standard InChI is InChI=1S/C14H26O2/c1-4-6-8-10-12-15-14(3)16-13-11-9-7-5-2/h10-14H,4-9H2,1-3H3. The van der Waals surface area contributed by atoms with E-state index in [1.54, 1.807) is 12.5 Å². The molecule has 0 amide bonds. The van der Waals surface area contributed by atoms with Crippen molar-refractivity contribution in [3.05, 3.63) is 24.7 Å². The van der Waals surface area contributed by atoms with Gasteiger partial charge >= 0.3 is 0 Å². The quantitative estimate of drug-likeness (QED) is 0.303. The van der Waals surface area contributed by atoms with E-state index in [4.69, 9.17) is 9.47 Å². The molecule has 0 aromatic rings. The first-order chi connectivity index (χ1) is 7.81. The highest BCUT2D eigenvalue weighted by Crippen LogP contribution is 2.00. The van der Waals surface area contributed by atoms with E-state index >= 15 is 0 Å². The van der Waals surface area contributed by atoms with Gasteiger partial charge in [-0.2, -0.15) is 0 Å². The molecule has 0 saturated carbocycles. The maximum Gasteiger partial charge on any atom is 0.236 e. The Morgan fingerprint density at radius 2 is 1.31 bits per heavy atom. The minimum atomic E-state index is -0.198. The molecule has 2 heteroatoms. The molecule has 0 unspecified atom stereocenters. The fraction of sp³-hybridized carbons (Fsp3) is 0.714. The molecule has 0 atom stereocenters. The number of ether oxygens (including phenoxy) is 2. The molecule has 0 rings (SSSR count). The molecule has 0 aliphatic heterocycles. The van der Waals surface area contributed by atoms with E-state index in [-0.39, 0.29) is 6.29 Å². The Bertz CT molecular complexity index is 165. The summed E-state index contributed by atoms with van der Waals surface area (Å²) in [4.78, 5) is 0. The molecule has 0 radical (unpaired) electrons. The first-order valence-corrected chi connectivity index (χ1v) is 6.42. The van der Waals surface area contributed by atoms with Gasteiger partial charge in [0.1, 0.15) is 0 Å². The monoisotopic (exact) mass is 226 g/mol. The smallest absolute Gasteiger partial charge is 0.236 e. The molecule has 0 spiro atoms. The van der Waals surface area contributed by atoms with Gasteiger partial charge < -0.3 is 9.47 Å². The molecule has 0 aliphatic rings. The number of rotatable bonds is 10. The summed E-state index contributed by atoms with van der Waals surface area (Å²) in [6, 6.07) is 0. The molecule has 2 nitrogen and oxygen atoms in total. The van der Waals surface area contributed by atoms with E-state index in [1.165, 1.54) is 25.7 Å². The molecule has 0 heterocycles. The van der Waals surface area contributed by atoms with Gasteiger partial charge in [0, 0.05) is 6.92 Å². The third-order valence-electron chi connectivity index (χ3n) is 2.18. The lowest BCUT2D eigenvalue weighted by molar-refractivity contribution is -0.0464. The van der Waals surface area contributed by atoms with Crippen LogP contribution in [0, 0.1) is 0 Å². The summed E-state index contributed by atoms with van der Waals surface area (Å²) in [6.45, 7) is 6.26. The number of unbranched alkanes of at least 4 members (excludes halogenated alkanes) is 4. The van der Waals surface area contributed by atoms with Crippen LogP contribution in [0.3, 0.4) is 0 Å². The summed E-state index contributed by atoms with van der Waals surface area (Å²) in [7, 11) is 0. The van der Waals surface area contributed by atoms with E-state index < -0.39 is 0 Å². The van der Waals surface area contributed by atoms with Crippen molar-refractivity contribution in [3.63, 3.8) is 0 Å². The van der Waals surface area contributed by atoms with Gasteiger partial charge in [-0.1, -0.05) is 26.7 Å². The largest absolute Gasteiger partial charge is 0.463 e. The minimum Gasteiger partial charge on any atom is -0.463 e. The summed E-state index contributed by atoms with van der Waals surface area (Å²) < 4.78 is 10.7. The van der Waals surface area contributed by atoms with E-state index in [0.717, 1.165) is 12.8 Å². The number of allylic oxidation sites excluding steroid dienone is 2. The molecule has 0 fully saturated rings. The summed E-state index contributed by atoms with van der Waals surface area (Å²) in [5, 5.41) is 0. The second-order valence-corrected chi connectivity index (χ2v) is 3.87. The van der Waals surface area contributed by atoms with Crippen LogP contribution >= 0.6 is 0 Å². The SMILES string of the molecule is CCCCC=COC(C)OC=CCCCC. The van der Waals surface area contributed by atoms with Crippen LogP contribution in [0.1, 0.15) is 59.3 Å². The summed E-state index contributed by atoms with van der Waals surface area (Å²) in [5.41, 5.74) is 0. The van der Waals surface area contributed by atoms with Crippen LogP contribution in [-0.4, -0.2) is 6.29 Å². The molecule has 0 saturated heterocycles. The lowest BCUT2D eigenvalue weighted by atomic mass is 10.2. The Hall–Kier alpha value is -0.920. The summed E-state index contributed by atoms with van der Waals surface area (Å²) >= 11 is 0. The van der Waals surface area contributed by atoms with Crippen LogP contribution in [0.15, 0.2) is 24.7 Å². The third kappa shape index (κ3) is 11.2. The summed E-state index contributed by atoms with van der Waals surface area (Å²) in [5.74, 6) is 0. The van der Waals surface area contributed by atoms with Crippen molar-refractivity contribution in [3.8, 4) is 0 Å². The highest BCUT2D eigenvalue weighted by atomic mass is 16.7. The molecular weight excluding hydrogens is 200 g/mol. The molecule has 94 valence electrons. The van der Waals surface area contributed by atoms with Crippen LogP contribution in [0.25, 0.3) is 0 Å². The zero-order valence-electron chi connectivity index (χ0n) is 10.9. The first-order valence-electron chi connectivity index (χ1n) is 6.42. The highest BCUT2D eigenvalue weighted by Gasteiger charge is 1.94. The van der Waals surface area contributed by atoms with Crippen LogP contribution in [-0.2, 0) is 9.47 Å². The molecular formula is C14H26O2. The lowest BCUT2D eigenvalue weighted by Crippen LogP contribution is -2.04. The third-order valence-corrected chi connectivity index (χ3v) is 2.18. The van der Waals surface area contributed by atoms with Crippen molar-refractivity contribution in [2.75, 3.05) is 0 Å². The molecule has 0 N–H and O–H groups in total. The molecule has 0 bridgehead atoms. The Balaban J connectivity index is 3.39. The Kier molecular flexibility index (Phi) is 11.5. The summed E-state index contributed by atoms with van der Waals surface area (Å²) in [6.07, 6.45) is 14.4. The van der Waals surface area contributed by atoms with Gasteiger partial charge in [-0.15, -0.1) is 0 Å². The average molecular weight is 226 g/mol. The van der Waals surface area contributed by atoms with Crippen LogP contribution in [0.4, 0.5) is 0 Å². The Morgan fingerprint density at radius 3 is 1.69 bits per heavy atom. The zero-order valence-corrected chi connectivity index (χ0v) is 10.9. The van der Waals surface area contributed by atoms with E-state index in [9.17, 15) is 0 Å². The van der Waals surface area contributed by atoms with Crippen molar-refractivity contribution in [2.24, 2.45) is 0 Å². The van der Waals surface area contributed by atoms with Gasteiger partial charge in [-0.25, -0.2) is 0 Å². The van der Waals surface area contributed by atoms with Gasteiger partial charge in [0.25, 0.3) is 0 Å². The molecule has 0 aromatic carbocycles. The second kappa shape index (κ2) is 12.2. The van der Waals surface area contributed by atoms with Crippen molar-refractivity contribution in [1.82, 2.24) is 0 Å². The molecule has 0 aliphatic carbocycles. The maximum absolute atomic E-state index is 5.34. The van der Waals surface area contributed by atoms with E-state index in [1.807, 2.05) is 19.1 Å². The molecule has 0 aromatic heterocycles. The minimum absolute atomic E-state index is 0.198. The van der Waals surface area contributed by atoms with Gasteiger partial charge in [-0.3, -0.25) is 0 Å². The highest BCUT2D eigenvalue weighted by molar-refractivity contribution is 4.75.